The Hall–Kier alpha value is -3.61. The van der Waals surface area contributed by atoms with Crippen molar-refractivity contribution in [3.63, 3.8) is 0 Å². The summed E-state index contributed by atoms with van der Waals surface area (Å²) in [6, 6.07) is 17.3. The van der Waals surface area contributed by atoms with E-state index in [1.165, 1.54) is 0 Å². The average Bonchev–Trinajstić information content (AvgIpc) is 3.37. The van der Waals surface area contributed by atoms with Crippen LogP contribution in [-0.2, 0) is 17.8 Å². The molecule has 0 fully saturated rings. The predicted octanol–water partition coefficient (Wildman–Crippen LogP) is 5.57. The van der Waals surface area contributed by atoms with E-state index in [1.807, 2.05) is 54.7 Å². The molecule has 2 N–H and O–H groups in total. The fourth-order valence-electron chi connectivity index (χ4n) is 3.89. The van der Waals surface area contributed by atoms with Crippen LogP contribution in [-0.4, -0.2) is 26.7 Å². The molecule has 0 saturated carbocycles. The summed E-state index contributed by atoms with van der Waals surface area (Å²) in [5.74, 6) is -0.201. The van der Waals surface area contributed by atoms with Crippen molar-refractivity contribution in [2.75, 3.05) is 0 Å². The van der Waals surface area contributed by atoms with Crippen LogP contribution in [0.3, 0.4) is 0 Å². The molecule has 5 aromatic rings. The molecule has 5 rings (SSSR count). The molecule has 0 aliphatic heterocycles. The molecular formula is C25H19Cl2N5O. The van der Waals surface area contributed by atoms with Crippen LogP contribution in [0.2, 0.25) is 10.0 Å². The summed E-state index contributed by atoms with van der Waals surface area (Å²) in [7, 11) is 0. The molecule has 0 saturated heterocycles. The van der Waals surface area contributed by atoms with Crippen LogP contribution in [0.4, 0.5) is 0 Å². The van der Waals surface area contributed by atoms with Crippen LogP contribution in [0.1, 0.15) is 16.7 Å². The molecule has 6 nitrogen and oxygen atoms in total. The lowest BCUT2D eigenvalue weighted by molar-refractivity contribution is -0.120. The fraction of sp³-hybridized carbons (Fsp3) is 0.0800. The maximum absolute atomic E-state index is 12.4. The highest BCUT2D eigenvalue weighted by Crippen LogP contribution is 2.25. The summed E-state index contributed by atoms with van der Waals surface area (Å²) in [6.45, 7) is 0.589. The highest BCUT2D eigenvalue weighted by atomic mass is 35.5. The summed E-state index contributed by atoms with van der Waals surface area (Å²) in [5.41, 5.74) is 7.17. The summed E-state index contributed by atoms with van der Waals surface area (Å²) >= 11 is 12.4. The smallest absolute Gasteiger partial charge is 0.244 e. The predicted molar refractivity (Wildman–Crippen MR) is 133 cm³/mol. The molecule has 164 valence electrons. The fourth-order valence-corrected chi connectivity index (χ4v) is 4.36. The number of halogens is 2. The van der Waals surface area contributed by atoms with Crippen LogP contribution in [0, 0.1) is 0 Å². The van der Waals surface area contributed by atoms with E-state index in [0.717, 1.165) is 38.6 Å². The zero-order chi connectivity index (χ0) is 22.8. The van der Waals surface area contributed by atoms with Gasteiger partial charge in [0.2, 0.25) is 5.91 Å². The first-order valence-corrected chi connectivity index (χ1v) is 11.1. The van der Waals surface area contributed by atoms with Gasteiger partial charge in [0.1, 0.15) is 5.65 Å². The van der Waals surface area contributed by atoms with Gasteiger partial charge in [-0.2, -0.15) is 5.10 Å². The van der Waals surface area contributed by atoms with Crippen molar-refractivity contribution < 1.29 is 4.79 Å². The van der Waals surface area contributed by atoms with E-state index in [0.29, 0.717) is 16.6 Å². The Kier molecular flexibility index (Phi) is 5.86. The molecule has 2 aromatic carbocycles. The standard InChI is InChI=1S/C25H19Cl2N5O/c26-19-8-7-16(22(27)11-19)14-32-15-18(20-4-1-2-6-23(20)32)13-30-31-24(33)10-17-12-29-25-21(17)5-3-9-28-25/h1-9,11-13,15H,10,14H2,(H,28,29)(H,31,33)/b30-13+. The summed E-state index contributed by atoms with van der Waals surface area (Å²) in [6.07, 6.45) is 7.38. The second-order valence-electron chi connectivity index (χ2n) is 7.65. The molecule has 0 spiro atoms. The number of carbonyl (C=O) groups is 1. The highest BCUT2D eigenvalue weighted by Gasteiger charge is 2.11. The van der Waals surface area contributed by atoms with Crippen molar-refractivity contribution in [1.82, 2.24) is 20.0 Å². The number of rotatable bonds is 6. The zero-order valence-electron chi connectivity index (χ0n) is 17.4. The molecule has 0 bridgehead atoms. The van der Waals surface area contributed by atoms with Gasteiger partial charge in [0, 0.05) is 57.0 Å². The van der Waals surface area contributed by atoms with Gasteiger partial charge in [-0.3, -0.25) is 4.79 Å². The first-order valence-electron chi connectivity index (χ1n) is 10.3. The normalized spacial score (nSPS) is 11.6. The number of aromatic amines is 1. The number of amides is 1. The molecule has 0 aliphatic carbocycles. The summed E-state index contributed by atoms with van der Waals surface area (Å²) in [5, 5.41) is 7.38. The number of nitrogens with zero attached hydrogens (tertiary/aromatic N) is 3. The number of hydrogen-bond acceptors (Lipinski definition) is 3. The number of fused-ring (bicyclic) bond motifs is 2. The SMILES string of the molecule is O=C(Cc1c[nH]c2ncccc12)N/N=C/c1cn(Cc2ccc(Cl)cc2Cl)c2ccccc12. The first-order chi connectivity index (χ1) is 16.1. The monoisotopic (exact) mass is 475 g/mol. The Morgan fingerprint density at radius 1 is 1.09 bits per heavy atom. The molecule has 33 heavy (non-hydrogen) atoms. The molecule has 3 aromatic heterocycles. The molecule has 8 heteroatoms. The van der Waals surface area contributed by atoms with Crippen molar-refractivity contribution >= 4 is 57.3 Å². The van der Waals surface area contributed by atoms with E-state index < -0.39 is 0 Å². The number of hydrazone groups is 1. The molecule has 0 atom stereocenters. The lowest BCUT2D eigenvalue weighted by atomic mass is 10.1. The van der Waals surface area contributed by atoms with Gasteiger partial charge in [0.25, 0.3) is 0 Å². The Balaban J connectivity index is 1.34. The van der Waals surface area contributed by atoms with Crippen LogP contribution in [0.25, 0.3) is 21.9 Å². The molecular weight excluding hydrogens is 457 g/mol. The topological polar surface area (TPSA) is 75.1 Å². The number of para-hydroxylation sites is 1. The molecule has 0 unspecified atom stereocenters. The van der Waals surface area contributed by atoms with Crippen LogP contribution < -0.4 is 5.43 Å². The van der Waals surface area contributed by atoms with Gasteiger partial charge in [-0.15, -0.1) is 0 Å². The van der Waals surface area contributed by atoms with Gasteiger partial charge in [-0.1, -0.05) is 47.5 Å². The Labute approximate surface area is 199 Å². The van der Waals surface area contributed by atoms with Crippen LogP contribution in [0.15, 0.2) is 78.3 Å². The number of pyridine rings is 1. The summed E-state index contributed by atoms with van der Waals surface area (Å²) < 4.78 is 2.10. The Morgan fingerprint density at radius 2 is 1.94 bits per heavy atom. The average molecular weight is 476 g/mol. The lowest BCUT2D eigenvalue weighted by Crippen LogP contribution is -2.19. The van der Waals surface area contributed by atoms with E-state index in [2.05, 4.69) is 25.1 Å². The van der Waals surface area contributed by atoms with Gasteiger partial charge in [-0.25, -0.2) is 10.4 Å². The highest BCUT2D eigenvalue weighted by molar-refractivity contribution is 6.35. The van der Waals surface area contributed by atoms with E-state index in [-0.39, 0.29) is 12.3 Å². The number of benzene rings is 2. The minimum absolute atomic E-state index is 0.201. The minimum atomic E-state index is -0.201. The van der Waals surface area contributed by atoms with Crippen molar-refractivity contribution in [2.45, 2.75) is 13.0 Å². The maximum Gasteiger partial charge on any atom is 0.244 e. The molecule has 0 aliphatic rings. The number of carbonyl (C=O) groups excluding carboxylic acids is 1. The minimum Gasteiger partial charge on any atom is -0.346 e. The van der Waals surface area contributed by atoms with Crippen molar-refractivity contribution in [1.29, 1.82) is 0 Å². The van der Waals surface area contributed by atoms with Gasteiger partial charge in [0.05, 0.1) is 12.6 Å². The second kappa shape index (κ2) is 9.10. The van der Waals surface area contributed by atoms with Gasteiger partial charge in [-0.05, 0) is 41.5 Å². The molecule has 3 heterocycles. The van der Waals surface area contributed by atoms with Crippen molar-refractivity contribution in [3.05, 3.63) is 99.9 Å². The molecule has 0 radical (unpaired) electrons. The summed E-state index contributed by atoms with van der Waals surface area (Å²) in [4.78, 5) is 19.8. The van der Waals surface area contributed by atoms with Crippen molar-refractivity contribution in [2.24, 2.45) is 5.10 Å². The third kappa shape index (κ3) is 4.49. The largest absolute Gasteiger partial charge is 0.346 e. The second-order valence-corrected chi connectivity index (χ2v) is 8.49. The van der Waals surface area contributed by atoms with Gasteiger partial charge >= 0.3 is 0 Å². The van der Waals surface area contributed by atoms with E-state index in [9.17, 15) is 4.79 Å². The van der Waals surface area contributed by atoms with Crippen molar-refractivity contribution in [3.8, 4) is 0 Å². The van der Waals surface area contributed by atoms with Gasteiger partial charge in [0.15, 0.2) is 0 Å². The number of H-pyrrole nitrogens is 1. The molecule has 1 amide bonds. The first kappa shape index (κ1) is 21.2. The third-order valence-electron chi connectivity index (χ3n) is 5.46. The maximum atomic E-state index is 12.4. The number of nitrogens with one attached hydrogen (secondary N) is 2. The Bertz CT molecular complexity index is 1500. The quantitative estimate of drug-likeness (QED) is 0.249. The number of aromatic nitrogens is 3. The Morgan fingerprint density at radius 3 is 2.82 bits per heavy atom. The van der Waals surface area contributed by atoms with Gasteiger partial charge < -0.3 is 9.55 Å². The lowest BCUT2D eigenvalue weighted by Gasteiger charge is -2.08. The zero-order valence-corrected chi connectivity index (χ0v) is 18.9. The van der Waals surface area contributed by atoms with Crippen LogP contribution >= 0.6 is 23.2 Å². The number of hydrogen-bond donors (Lipinski definition) is 2. The van der Waals surface area contributed by atoms with E-state index in [4.69, 9.17) is 23.2 Å². The third-order valence-corrected chi connectivity index (χ3v) is 6.04. The van der Waals surface area contributed by atoms with E-state index in [1.54, 1.807) is 24.7 Å². The van der Waals surface area contributed by atoms with E-state index >= 15 is 0 Å². The van der Waals surface area contributed by atoms with Crippen LogP contribution in [0.5, 0.6) is 0 Å².